The molecule has 0 saturated heterocycles. The highest BCUT2D eigenvalue weighted by atomic mass is 16.3. The average Bonchev–Trinajstić information content (AvgIpc) is 2.81. The lowest BCUT2D eigenvalue weighted by Gasteiger charge is -2.60. The van der Waals surface area contributed by atoms with Crippen molar-refractivity contribution in [1.82, 2.24) is 0 Å². The fraction of sp³-hybridized carbons (Fsp3) is 0.905. The number of aliphatic hydroxyl groups is 3. The second-order valence-corrected chi connectivity index (χ2v) is 9.77. The molecule has 0 aliphatic heterocycles. The Balaban J connectivity index is 1.67. The van der Waals surface area contributed by atoms with Gasteiger partial charge in [-0.15, -0.1) is 0 Å². The molecule has 4 aliphatic rings. The van der Waals surface area contributed by atoms with Crippen molar-refractivity contribution in [3.63, 3.8) is 0 Å². The van der Waals surface area contributed by atoms with Crippen molar-refractivity contribution < 1.29 is 15.3 Å². The zero-order valence-corrected chi connectivity index (χ0v) is 15.4. The summed E-state index contributed by atoms with van der Waals surface area (Å²) in [7, 11) is 0. The van der Waals surface area contributed by atoms with Gasteiger partial charge in [0.05, 0.1) is 17.8 Å². The second-order valence-electron chi connectivity index (χ2n) is 9.77. The minimum atomic E-state index is -0.918. The molecule has 1 unspecified atom stereocenters. The van der Waals surface area contributed by atoms with E-state index in [1.165, 1.54) is 12.8 Å². The van der Waals surface area contributed by atoms with Gasteiger partial charge in [-0.25, -0.2) is 0 Å². The number of allylic oxidation sites excluding steroid dienone is 1. The van der Waals surface area contributed by atoms with Gasteiger partial charge in [0.2, 0.25) is 0 Å². The van der Waals surface area contributed by atoms with Crippen LogP contribution in [0.5, 0.6) is 0 Å². The SMILES string of the molecule is CC(O)[C@@]1(O)CC[C@H]2[C@@H]3CC[C@@H]4C[C@H](O)C=C[C@]4(C)[C@H]3CC[C@@]21C. The molecule has 0 aromatic rings. The van der Waals surface area contributed by atoms with Crippen molar-refractivity contribution in [3.8, 4) is 0 Å². The van der Waals surface area contributed by atoms with E-state index < -0.39 is 11.7 Å². The summed E-state index contributed by atoms with van der Waals surface area (Å²) in [5, 5.41) is 31.6. The van der Waals surface area contributed by atoms with Crippen LogP contribution in [-0.2, 0) is 0 Å². The molecule has 0 amide bonds. The van der Waals surface area contributed by atoms with Crippen molar-refractivity contribution in [2.75, 3.05) is 0 Å². The first-order valence-corrected chi connectivity index (χ1v) is 10.0. The van der Waals surface area contributed by atoms with Gasteiger partial charge in [0.1, 0.15) is 0 Å². The smallest absolute Gasteiger partial charge is 0.0958 e. The van der Waals surface area contributed by atoms with E-state index in [1.54, 1.807) is 6.92 Å². The van der Waals surface area contributed by atoms with Gasteiger partial charge in [-0.1, -0.05) is 26.0 Å². The van der Waals surface area contributed by atoms with E-state index >= 15 is 0 Å². The lowest BCUT2D eigenvalue weighted by atomic mass is 9.45. The number of rotatable bonds is 1. The topological polar surface area (TPSA) is 60.7 Å². The average molecular weight is 335 g/mol. The van der Waals surface area contributed by atoms with Crippen molar-refractivity contribution in [2.24, 2.45) is 34.5 Å². The highest BCUT2D eigenvalue weighted by Crippen LogP contribution is 2.67. The van der Waals surface area contributed by atoms with Gasteiger partial charge in [-0.05, 0) is 81.0 Å². The summed E-state index contributed by atoms with van der Waals surface area (Å²) >= 11 is 0. The molecular weight excluding hydrogens is 300 g/mol. The Bertz CT molecular complexity index is 543. The van der Waals surface area contributed by atoms with E-state index in [9.17, 15) is 15.3 Å². The highest BCUT2D eigenvalue weighted by molar-refractivity contribution is 5.19. The van der Waals surface area contributed by atoms with Crippen molar-refractivity contribution >= 4 is 0 Å². The lowest BCUT2D eigenvalue weighted by molar-refractivity contribution is -0.177. The molecule has 3 fully saturated rings. The number of hydrogen-bond donors (Lipinski definition) is 3. The first-order chi connectivity index (χ1) is 11.2. The van der Waals surface area contributed by atoms with E-state index in [2.05, 4.69) is 19.9 Å². The van der Waals surface area contributed by atoms with Crippen LogP contribution in [0, 0.1) is 34.5 Å². The summed E-state index contributed by atoms with van der Waals surface area (Å²) in [6, 6.07) is 0. The van der Waals surface area contributed by atoms with Crippen LogP contribution in [0.1, 0.15) is 65.7 Å². The summed E-state index contributed by atoms with van der Waals surface area (Å²) in [6.07, 6.45) is 10.7. The van der Waals surface area contributed by atoms with Gasteiger partial charge in [-0.2, -0.15) is 0 Å². The number of aliphatic hydroxyl groups excluding tert-OH is 2. The van der Waals surface area contributed by atoms with Gasteiger partial charge < -0.3 is 15.3 Å². The Kier molecular flexibility index (Phi) is 3.77. The molecular formula is C21H34O3. The molecule has 3 nitrogen and oxygen atoms in total. The zero-order chi connectivity index (χ0) is 17.3. The summed E-state index contributed by atoms with van der Waals surface area (Å²) < 4.78 is 0. The molecule has 9 atom stereocenters. The third-order valence-corrected chi connectivity index (χ3v) is 9.07. The predicted molar refractivity (Wildman–Crippen MR) is 94.3 cm³/mol. The summed E-state index contributed by atoms with van der Waals surface area (Å²) in [5.41, 5.74) is -0.864. The summed E-state index contributed by atoms with van der Waals surface area (Å²) in [5.74, 6) is 2.43. The molecule has 0 heterocycles. The minimum Gasteiger partial charge on any atom is -0.390 e. The largest absolute Gasteiger partial charge is 0.390 e. The van der Waals surface area contributed by atoms with Crippen LogP contribution in [-0.4, -0.2) is 33.1 Å². The molecule has 0 bridgehead atoms. The predicted octanol–water partition coefficient (Wildman–Crippen LogP) is 3.28. The highest BCUT2D eigenvalue weighted by Gasteiger charge is 2.65. The fourth-order valence-corrected chi connectivity index (χ4v) is 7.53. The molecule has 0 aromatic heterocycles. The lowest BCUT2D eigenvalue weighted by Crippen LogP contribution is -2.58. The first kappa shape index (κ1) is 17.1. The maximum atomic E-state index is 11.2. The molecule has 4 aliphatic carbocycles. The molecule has 3 heteroatoms. The van der Waals surface area contributed by atoms with E-state index in [0.29, 0.717) is 23.7 Å². The molecule has 3 N–H and O–H groups in total. The van der Waals surface area contributed by atoms with Crippen LogP contribution < -0.4 is 0 Å². The molecule has 0 spiro atoms. The van der Waals surface area contributed by atoms with Crippen LogP contribution in [0.3, 0.4) is 0 Å². The molecule has 4 rings (SSSR count). The Morgan fingerprint density at radius 1 is 1.04 bits per heavy atom. The Hall–Kier alpha value is -0.380. The summed E-state index contributed by atoms with van der Waals surface area (Å²) in [4.78, 5) is 0. The van der Waals surface area contributed by atoms with Crippen LogP contribution in [0.15, 0.2) is 12.2 Å². The van der Waals surface area contributed by atoms with Gasteiger partial charge in [0.25, 0.3) is 0 Å². The molecule has 3 saturated carbocycles. The number of hydrogen-bond acceptors (Lipinski definition) is 3. The fourth-order valence-electron chi connectivity index (χ4n) is 7.53. The van der Waals surface area contributed by atoms with Crippen LogP contribution in [0.2, 0.25) is 0 Å². The summed E-state index contributed by atoms with van der Waals surface area (Å²) in [6.45, 7) is 6.42. The molecule has 0 radical (unpaired) electrons. The Labute approximate surface area is 146 Å². The van der Waals surface area contributed by atoms with Gasteiger partial charge in [-0.3, -0.25) is 0 Å². The van der Waals surface area contributed by atoms with E-state index in [4.69, 9.17) is 0 Å². The molecule has 0 aromatic carbocycles. The van der Waals surface area contributed by atoms with Crippen LogP contribution >= 0.6 is 0 Å². The van der Waals surface area contributed by atoms with Crippen molar-refractivity contribution in [2.45, 2.75) is 83.5 Å². The maximum absolute atomic E-state index is 11.2. The first-order valence-electron chi connectivity index (χ1n) is 10.0. The third kappa shape index (κ3) is 2.01. The van der Waals surface area contributed by atoms with Crippen molar-refractivity contribution in [3.05, 3.63) is 12.2 Å². The van der Waals surface area contributed by atoms with Crippen LogP contribution in [0.4, 0.5) is 0 Å². The van der Waals surface area contributed by atoms with Gasteiger partial charge in [0, 0.05) is 5.41 Å². The standard InChI is InChI=1S/C21H34O3/c1-13(22)21(24)11-8-18-16-5-4-14-12-15(23)6-9-19(14,2)17(16)7-10-20(18,21)3/h6,9,13-18,22-24H,4-5,7-8,10-12H2,1-3H3/t13?,14-,15-,16-,17+,18+,19+,20+,21+/m1/s1. The van der Waals surface area contributed by atoms with E-state index in [0.717, 1.165) is 32.1 Å². The van der Waals surface area contributed by atoms with Gasteiger partial charge >= 0.3 is 0 Å². The molecule has 136 valence electrons. The maximum Gasteiger partial charge on any atom is 0.0958 e. The van der Waals surface area contributed by atoms with E-state index in [-0.39, 0.29) is 16.9 Å². The normalized spacial score (nSPS) is 57.8. The van der Waals surface area contributed by atoms with Gasteiger partial charge in [0.15, 0.2) is 0 Å². The van der Waals surface area contributed by atoms with Crippen LogP contribution in [0.25, 0.3) is 0 Å². The Morgan fingerprint density at radius 3 is 2.46 bits per heavy atom. The molecule has 24 heavy (non-hydrogen) atoms. The third-order valence-electron chi connectivity index (χ3n) is 9.07. The second kappa shape index (κ2) is 5.31. The number of fused-ring (bicyclic) bond motifs is 5. The Morgan fingerprint density at radius 2 is 1.75 bits per heavy atom. The minimum absolute atomic E-state index is 0.149. The van der Waals surface area contributed by atoms with Crippen molar-refractivity contribution in [1.29, 1.82) is 0 Å². The zero-order valence-electron chi connectivity index (χ0n) is 15.4. The monoisotopic (exact) mass is 334 g/mol. The van der Waals surface area contributed by atoms with E-state index in [1.807, 2.05) is 6.08 Å². The quantitative estimate of drug-likeness (QED) is 0.645.